The predicted octanol–water partition coefficient (Wildman–Crippen LogP) is 4.79. The molecule has 0 fully saturated rings. The first-order valence-corrected chi connectivity index (χ1v) is 10.3. The summed E-state index contributed by atoms with van der Waals surface area (Å²) in [6.07, 6.45) is -0.0720. The van der Waals surface area contributed by atoms with Gasteiger partial charge in [0.25, 0.3) is 0 Å². The first-order chi connectivity index (χ1) is 15.8. The van der Waals surface area contributed by atoms with Crippen LogP contribution < -0.4 is 0 Å². The van der Waals surface area contributed by atoms with Crippen molar-refractivity contribution in [3.63, 3.8) is 0 Å². The number of carboxylic acid groups (broad SMARTS) is 1. The van der Waals surface area contributed by atoms with Gasteiger partial charge >= 0.3 is 17.9 Å². The van der Waals surface area contributed by atoms with E-state index in [1.54, 1.807) is 55.5 Å². The highest BCUT2D eigenvalue weighted by molar-refractivity contribution is 6.05. The lowest BCUT2D eigenvalue weighted by Gasteiger charge is -2.16. The summed E-state index contributed by atoms with van der Waals surface area (Å²) in [5, 5.41) is 33.8. The third kappa shape index (κ3) is 3.96. The monoisotopic (exact) mass is 444 g/mol. The predicted molar refractivity (Wildman–Crippen MR) is 122 cm³/mol. The standard InChI is InChI=1S/C26H20O7/c1-2-22(27)33-26(32)21-12-15-8-4-6-10-17(15)19(24(21)29)13-18-16-9-5-3-7-14(16)11-20(23(18)28)25(30)31/h3-12,28-29H,2,13H2,1H3,(H,30,31). The molecule has 0 unspecified atom stereocenters. The van der Waals surface area contributed by atoms with Crippen LogP contribution in [-0.4, -0.2) is 33.2 Å². The van der Waals surface area contributed by atoms with E-state index in [1.807, 2.05) is 0 Å². The van der Waals surface area contributed by atoms with Crippen LogP contribution in [0.3, 0.4) is 0 Å². The number of aromatic hydroxyl groups is 2. The van der Waals surface area contributed by atoms with Gasteiger partial charge in [0.1, 0.15) is 22.6 Å². The van der Waals surface area contributed by atoms with E-state index in [0.717, 1.165) is 0 Å². The van der Waals surface area contributed by atoms with Crippen LogP contribution in [-0.2, 0) is 16.0 Å². The molecule has 0 amide bonds. The molecule has 4 aromatic rings. The Morgan fingerprint density at radius 1 is 0.788 bits per heavy atom. The Morgan fingerprint density at radius 2 is 1.27 bits per heavy atom. The molecule has 3 N–H and O–H groups in total. The van der Waals surface area contributed by atoms with Crippen LogP contribution >= 0.6 is 0 Å². The van der Waals surface area contributed by atoms with Gasteiger partial charge < -0.3 is 20.1 Å². The Morgan fingerprint density at radius 3 is 1.79 bits per heavy atom. The Labute approximate surface area is 188 Å². The minimum absolute atomic E-state index is 0.00518. The molecule has 0 aliphatic heterocycles. The van der Waals surface area contributed by atoms with Gasteiger partial charge in [-0.2, -0.15) is 0 Å². The molecule has 0 saturated heterocycles. The number of carbonyl (C=O) groups is 3. The fourth-order valence-electron chi connectivity index (χ4n) is 3.91. The van der Waals surface area contributed by atoms with Gasteiger partial charge in [-0.1, -0.05) is 55.5 Å². The summed E-state index contributed by atoms with van der Waals surface area (Å²) in [7, 11) is 0. The molecular formula is C26H20O7. The molecule has 166 valence electrons. The summed E-state index contributed by atoms with van der Waals surface area (Å²) in [6.45, 7) is 1.55. The van der Waals surface area contributed by atoms with Crippen molar-refractivity contribution >= 4 is 39.5 Å². The molecule has 0 spiro atoms. The molecule has 33 heavy (non-hydrogen) atoms. The highest BCUT2D eigenvalue weighted by Crippen LogP contribution is 2.39. The molecule has 4 aromatic carbocycles. The van der Waals surface area contributed by atoms with Gasteiger partial charge in [-0.15, -0.1) is 0 Å². The summed E-state index contributed by atoms with van der Waals surface area (Å²) in [4.78, 5) is 35.9. The van der Waals surface area contributed by atoms with E-state index in [0.29, 0.717) is 32.7 Å². The number of rotatable bonds is 5. The van der Waals surface area contributed by atoms with Gasteiger partial charge in [-0.3, -0.25) is 4.79 Å². The number of hydrogen-bond donors (Lipinski definition) is 3. The SMILES string of the molecule is CCC(=O)OC(=O)c1cc2ccccc2c(Cc2c(O)c(C(=O)O)cc3ccccc23)c1O. The van der Waals surface area contributed by atoms with Gasteiger partial charge in [-0.05, 0) is 33.7 Å². The van der Waals surface area contributed by atoms with Crippen molar-refractivity contribution in [3.8, 4) is 11.5 Å². The zero-order chi connectivity index (χ0) is 23.7. The zero-order valence-corrected chi connectivity index (χ0v) is 17.7. The molecule has 0 aromatic heterocycles. The van der Waals surface area contributed by atoms with Crippen LogP contribution in [0.5, 0.6) is 11.5 Å². The second kappa shape index (κ2) is 8.63. The van der Waals surface area contributed by atoms with Crippen molar-refractivity contribution in [2.45, 2.75) is 19.8 Å². The van der Waals surface area contributed by atoms with Crippen LogP contribution in [0.4, 0.5) is 0 Å². The van der Waals surface area contributed by atoms with Gasteiger partial charge in [0.05, 0.1) is 0 Å². The Kier molecular flexibility index (Phi) is 5.70. The molecule has 0 heterocycles. The molecule has 0 radical (unpaired) electrons. The first-order valence-electron chi connectivity index (χ1n) is 10.3. The number of aromatic carboxylic acids is 1. The van der Waals surface area contributed by atoms with E-state index in [2.05, 4.69) is 0 Å². The molecule has 0 atom stereocenters. The highest BCUT2D eigenvalue weighted by Gasteiger charge is 2.24. The van der Waals surface area contributed by atoms with Gasteiger partial charge in [0, 0.05) is 24.0 Å². The fourth-order valence-corrected chi connectivity index (χ4v) is 3.91. The largest absolute Gasteiger partial charge is 0.507 e. The van der Waals surface area contributed by atoms with Gasteiger partial charge in [0.15, 0.2) is 0 Å². The van der Waals surface area contributed by atoms with Gasteiger partial charge in [-0.25, -0.2) is 9.59 Å². The molecule has 0 aliphatic carbocycles. The zero-order valence-electron chi connectivity index (χ0n) is 17.7. The smallest absolute Gasteiger partial charge is 0.349 e. The number of carbonyl (C=O) groups excluding carboxylic acids is 2. The van der Waals surface area contributed by atoms with Crippen molar-refractivity contribution < 1.29 is 34.4 Å². The Hall–Kier alpha value is -4.39. The van der Waals surface area contributed by atoms with E-state index in [9.17, 15) is 29.7 Å². The maximum absolute atomic E-state index is 12.6. The molecule has 7 nitrogen and oxygen atoms in total. The molecular weight excluding hydrogens is 424 g/mol. The van der Waals surface area contributed by atoms with Gasteiger partial charge in [0.2, 0.25) is 0 Å². The van der Waals surface area contributed by atoms with E-state index in [1.165, 1.54) is 12.1 Å². The quantitative estimate of drug-likeness (QED) is 0.299. The van der Waals surface area contributed by atoms with Crippen molar-refractivity contribution in [1.82, 2.24) is 0 Å². The summed E-state index contributed by atoms with van der Waals surface area (Å²) in [5.41, 5.74) is 0.133. The Bertz CT molecular complexity index is 1440. The number of hydrogen-bond acceptors (Lipinski definition) is 6. The van der Waals surface area contributed by atoms with E-state index < -0.39 is 29.4 Å². The minimum atomic E-state index is -1.29. The average Bonchev–Trinajstić information content (AvgIpc) is 2.81. The van der Waals surface area contributed by atoms with E-state index in [-0.39, 0.29) is 24.0 Å². The number of fused-ring (bicyclic) bond motifs is 2. The lowest BCUT2D eigenvalue weighted by atomic mass is 9.90. The van der Waals surface area contributed by atoms with Crippen LogP contribution in [0.2, 0.25) is 0 Å². The summed E-state index contributed by atoms with van der Waals surface area (Å²) in [5.74, 6) is -3.82. The second-order valence-electron chi connectivity index (χ2n) is 7.54. The Balaban J connectivity index is 1.96. The number of ether oxygens (including phenoxy) is 1. The lowest BCUT2D eigenvalue weighted by Crippen LogP contribution is -2.12. The second-order valence-corrected chi connectivity index (χ2v) is 7.54. The number of esters is 2. The maximum Gasteiger partial charge on any atom is 0.349 e. The van der Waals surface area contributed by atoms with Crippen molar-refractivity contribution in [2.75, 3.05) is 0 Å². The summed E-state index contributed by atoms with van der Waals surface area (Å²) in [6, 6.07) is 16.8. The first kappa shape index (κ1) is 21.8. The third-order valence-electron chi connectivity index (χ3n) is 5.55. The maximum atomic E-state index is 12.6. The summed E-state index contributed by atoms with van der Waals surface area (Å²) < 4.78 is 4.80. The van der Waals surface area contributed by atoms with E-state index >= 15 is 0 Å². The molecule has 0 bridgehead atoms. The third-order valence-corrected chi connectivity index (χ3v) is 5.55. The minimum Gasteiger partial charge on any atom is -0.507 e. The van der Waals surface area contributed by atoms with Crippen LogP contribution in [0.25, 0.3) is 21.5 Å². The highest BCUT2D eigenvalue weighted by atomic mass is 16.6. The molecule has 0 saturated carbocycles. The lowest BCUT2D eigenvalue weighted by molar-refractivity contribution is -0.137. The summed E-state index contributed by atoms with van der Waals surface area (Å²) >= 11 is 0. The van der Waals surface area contributed by atoms with Crippen LogP contribution in [0.1, 0.15) is 45.2 Å². The van der Waals surface area contributed by atoms with Crippen molar-refractivity contribution in [3.05, 3.63) is 82.9 Å². The number of carboxylic acids is 1. The topological polar surface area (TPSA) is 121 Å². The van der Waals surface area contributed by atoms with Crippen molar-refractivity contribution in [2.24, 2.45) is 0 Å². The number of phenolic OH excluding ortho intramolecular Hbond substituents is 1. The normalized spacial score (nSPS) is 10.9. The number of benzene rings is 4. The fraction of sp³-hybridized carbons (Fsp3) is 0.115. The average molecular weight is 444 g/mol. The molecule has 7 heteroatoms. The molecule has 4 rings (SSSR count). The van der Waals surface area contributed by atoms with E-state index in [4.69, 9.17) is 4.74 Å². The van der Waals surface area contributed by atoms with Crippen molar-refractivity contribution in [1.29, 1.82) is 0 Å². The van der Waals surface area contributed by atoms with Crippen LogP contribution in [0.15, 0.2) is 60.7 Å². The molecule has 0 aliphatic rings. The number of phenols is 2. The van der Waals surface area contributed by atoms with Crippen LogP contribution in [0, 0.1) is 0 Å².